The largest absolute Gasteiger partial charge is 0.468 e. The van der Waals surface area contributed by atoms with E-state index in [9.17, 15) is 28.8 Å². The van der Waals surface area contributed by atoms with Crippen molar-refractivity contribution in [2.45, 2.75) is 38.5 Å². The van der Waals surface area contributed by atoms with E-state index in [1.165, 1.54) is 0 Å². The van der Waals surface area contributed by atoms with Crippen molar-refractivity contribution in [3.8, 4) is 0 Å². The lowest BCUT2D eigenvalue weighted by molar-refractivity contribution is -0.171. The van der Waals surface area contributed by atoms with Crippen LogP contribution in [0.2, 0.25) is 0 Å². The minimum Gasteiger partial charge on any atom is -0.468 e. The smallest absolute Gasteiger partial charge is 0.316 e. The number of esters is 4. The number of carbonyl (C=O) groups is 6. The molecule has 3 saturated carbocycles. The first kappa shape index (κ1) is 23.9. The standard InChI is InChI=1S/C22H28O10/c1-29-17(25)11-15(23)12(18(26)30-2)22-10-8-6-5-7-9-21(11,22)13(19(27)31-3)16(24)14(22)20(28)32-4/h11-14H,5-10H2,1-4H3/t11-,12+,13+,14-,21?,22?. The summed E-state index contributed by atoms with van der Waals surface area (Å²) in [5, 5.41) is 0. The number of ether oxygens (including phenoxy) is 4. The van der Waals surface area contributed by atoms with Crippen LogP contribution in [-0.2, 0) is 47.7 Å². The first-order valence-electron chi connectivity index (χ1n) is 10.6. The summed E-state index contributed by atoms with van der Waals surface area (Å²) >= 11 is 0. The Bertz CT molecular complexity index is 737. The van der Waals surface area contributed by atoms with Crippen LogP contribution < -0.4 is 0 Å². The third kappa shape index (κ3) is 2.84. The second-order valence-electron chi connectivity index (χ2n) is 8.62. The van der Waals surface area contributed by atoms with Gasteiger partial charge in [0, 0.05) is 10.8 Å². The fourth-order valence-electron chi connectivity index (χ4n) is 6.77. The lowest BCUT2D eigenvalue weighted by Gasteiger charge is -2.48. The quantitative estimate of drug-likeness (QED) is 0.339. The molecule has 0 aromatic carbocycles. The van der Waals surface area contributed by atoms with Gasteiger partial charge in [-0.25, -0.2) is 0 Å². The van der Waals surface area contributed by atoms with Gasteiger partial charge < -0.3 is 18.9 Å². The van der Waals surface area contributed by atoms with E-state index in [1.807, 2.05) is 0 Å². The van der Waals surface area contributed by atoms with E-state index in [0.717, 1.165) is 41.3 Å². The van der Waals surface area contributed by atoms with Gasteiger partial charge in [0.2, 0.25) is 0 Å². The minimum absolute atomic E-state index is 0.0883. The molecule has 0 radical (unpaired) electrons. The summed E-state index contributed by atoms with van der Waals surface area (Å²) in [6, 6.07) is 0. The fraction of sp³-hybridized carbons (Fsp3) is 0.727. The van der Waals surface area contributed by atoms with Crippen molar-refractivity contribution in [3.63, 3.8) is 0 Å². The average molecular weight is 452 g/mol. The molecule has 0 spiro atoms. The molecule has 32 heavy (non-hydrogen) atoms. The maximum absolute atomic E-state index is 13.7. The maximum atomic E-state index is 13.7. The van der Waals surface area contributed by atoms with E-state index in [1.54, 1.807) is 0 Å². The fourth-order valence-corrected chi connectivity index (χ4v) is 6.77. The molecule has 2 unspecified atom stereocenters. The van der Waals surface area contributed by atoms with E-state index in [0.29, 0.717) is 12.8 Å². The molecule has 0 saturated heterocycles. The van der Waals surface area contributed by atoms with Crippen LogP contribution in [-0.4, -0.2) is 63.9 Å². The van der Waals surface area contributed by atoms with Crippen molar-refractivity contribution >= 4 is 35.4 Å². The van der Waals surface area contributed by atoms with E-state index >= 15 is 0 Å². The normalized spacial score (nSPS) is 36.2. The maximum Gasteiger partial charge on any atom is 0.316 e. The van der Waals surface area contributed by atoms with Gasteiger partial charge in [-0.15, -0.1) is 0 Å². The van der Waals surface area contributed by atoms with Crippen molar-refractivity contribution in [1.29, 1.82) is 0 Å². The summed E-state index contributed by atoms with van der Waals surface area (Å²) in [4.78, 5) is 79.4. The van der Waals surface area contributed by atoms with Gasteiger partial charge in [-0.3, -0.25) is 28.8 Å². The Morgan fingerprint density at radius 3 is 1.03 bits per heavy atom. The highest BCUT2D eigenvalue weighted by Gasteiger charge is 2.85. The molecular formula is C22H28O10. The molecule has 0 aromatic rings. The van der Waals surface area contributed by atoms with Crippen LogP contribution in [0.25, 0.3) is 0 Å². The summed E-state index contributed by atoms with van der Waals surface area (Å²) in [7, 11) is 4.35. The molecule has 0 heterocycles. The third-order valence-corrected chi connectivity index (χ3v) is 7.74. The molecule has 3 aliphatic rings. The molecule has 0 N–H and O–H groups in total. The highest BCUT2D eigenvalue weighted by atomic mass is 16.5. The van der Waals surface area contributed by atoms with E-state index in [-0.39, 0.29) is 12.8 Å². The summed E-state index contributed by atoms with van der Waals surface area (Å²) in [5.41, 5.74) is -3.33. The molecule has 3 aliphatic carbocycles. The first-order valence-corrected chi connectivity index (χ1v) is 10.6. The van der Waals surface area contributed by atoms with Gasteiger partial charge in [0.25, 0.3) is 0 Å². The lowest BCUT2D eigenvalue weighted by Crippen LogP contribution is -2.52. The van der Waals surface area contributed by atoms with Gasteiger partial charge >= 0.3 is 23.9 Å². The Labute approximate surface area is 185 Å². The van der Waals surface area contributed by atoms with E-state index < -0.39 is 69.9 Å². The van der Waals surface area contributed by atoms with Crippen molar-refractivity contribution in [2.75, 3.05) is 28.4 Å². The molecule has 176 valence electrons. The van der Waals surface area contributed by atoms with Crippen LogP contribution in [0.4, 0.5) is 0 Å². The molecule has 3 fully saturated rings. The zero-order chi connectivity index (χ0) is 23.8. The Morgan fingerprint density at radius 2 is 0.812 bits per heavy atom. The summed E-state index contributed by atoms with van der Waals surface area (Å²) < 4.78 is 19.7. The average Bonchev–Trinajstić information content (AvgIpc) is 3.09. The van der Waals surface area contributed by atoms with Gasteiger partial charge in [0.1, 0.15) is 23.7 Å². The van der Waals surface area contributed by atoms with Crippen molar-refractivity contribution < 1.29 is 47.7 Å². The Kier molecular flexibility index (Phi) is 6.44. The van der Waals surface area contributed by atoms with Crippen molar-refractivity contribution in [1.82, 2.24) is 0 Å². The number of ketones is 2. The third-order valence-electron chi connectivity index (χ3n) is 7.74. The number of Topliss-reactive ketones (excluding diaryl/α,β-unsaturated/α-hetero) is 2. The molecule has 6 atom stereocenters. The Morgan fingerprint density at radius 1 is 0.562 bits per heavy atom. The van der Waals surface area contributed by atoms with Gasteiger partial charge in [-0.2, -0.15) is 0 Å². The van der Waals surface area contributed by atoms with Crippen LogP contribution in [0.3, 0.4) is 0 Å². The highest BCUT2D eigenvalue weighted by Crippen LogP contribution is 2.74. The zero-order valence-electron chi connectivity index (χ0n) is 18.6. The molecule has 3 rings (SSSR count). The predicted molar refractivity (Wildman–Crippen MR) is 105 cm³/mol. The van der Waals surface area contributed by atoms with Gasteiger partial charge in [-0.05, 0) is 12.8 Å². The van der Waals surface area contributed by atoms with E-state index in [4.69, 9.17) is 18.9 Å². The predicted octanol–water partition coefficient (Wildman–Crippen LogP) is 0.636. The molecule has 0 aromatic heterocycles. The molecule has 0 amide bonds. The van der Waals surface area contributed by atoms with Crippen molar-refractivity contribution in [2.24, 2.45) is 34.5 Å². The second kappa shape index (κ2) is 8.63. The molecule has 10 nitrogen and oxygen atoms in total. The topological polar surface area (TPSA) is 139 Å². The number of hydrogen-bond donors (Lipinski definition) is 0. The molecule has 0 aliphatic heterocycles. The Balaban J connectivity index is 2.48. The van der Waals surface area contributed by atoms with Crippen LogP contribution in [0, 0.1) is 34.5 Å². The monoisotopic (exact) mass is 452 g/mol. The first-order chi connectivity index (χ1) is 15.2. The SMILES string of the molecule is COC(=O)[C@@H]1C(=O)[C@H](C(=O)OC)C23CCCCCCC12[C@@H](C(=O)OC)C(=O)[C@H]3C(=O)OC. The molecular weight excluding hydrogens is 424 g/mol. The molecule has 0 bridgehead atoms. The second-order valence-corrected chi connectivity index (χ2v) is 8.62. The zero-order valence-corrected chi connectivity index (χ0v) is 18.6. The van der Waals surface area contributed by atoms with Crippen LogP contribution >= 0.6 is 0 Å². The van der Waals surface area contributed by atoms with Gasteiger partial charge in [0.05, 0.1) is 28.4 Å². The van der Waals surface area contributed by atoms with Crippen molar-refractivity contribution in [3.05, 3.63) is 0 Å². The van der Waals surface area contributed by atoms with Crippen LogP contribution in [0.15, 0.2) is 0 Å². The van der Waals surface area contributed by atoms with Crippen LogP contribution in [0.1, 0.15) is 38.5 Å². The minimum atomic E-state index is -1.67. The number of methoxy groups -OCH3 is 4. The van der Waals surface area contributed by atoms with Gasteiger partial charge in [-0.1, -0.05) is 25.7 Å². The summed E-state index contributed by atoms with van der Waals surface area (Å²) in [6.07, 6.45) is 2.59. The lowest BCUT2D eigenvalue weighted by atomic mass is 9.52. The van der Waals surface area contributed by atoms with E-state index in [2.05, 4.69) is 0 Å². The highest BCUT2D eigenvalue weighted by molar-refractivity contribution is 6.20. The Hall–Kier alpha value is -2.78. The number of hydrogen-bond acceptors (Lipinski definition) is 10. The van der Waals surface area contributed by atoms with Crippen LogP contribution in [0.5, 0.6) is 0 Å². The summed E-state index contributed by atoms with van der Waals surface area (Å²) in [5.74, 6) is -11.8. The molecule has 10 heteroatoms. The van der Waals surface area contributed by atoms with Gasteiger partial charge in [0.15, 0.2) is 11.6 Å². The number of carbonyl (C=O) groups excluding carboxylic acids is 6. The summed E-state index contributed by atoms with van der Waals surface area (Å²) in [6.45, 7) is 0. The number of rotatable bonds is 4.